The van der Waals surface area contributed by atoms with Gasteiger partial charge in [0, 0.05) is 17.3 Å². The first kappa shape index (κ1) is 24.4. The van der Waals surface area contributed by atoms with Gasteiger partial charge in [0.1, 0.15) is 0 Å². The van der Waals surface area contributed by atoms with E-state index >= 15 is 0 Å². The predicted octanol–water partition coefficient (Wildman–Crippen LogP) is 8.00. The first-order valence-electron chi connectivity index (χ1n) is 12.6. The van der Waals surface area contributed by atoms with Gasteiger partial charge < -0.3 is 4.90 Å². The monoisotopic (exact) mass is 495 g/mol. The largest absolute Gasteiger partial charge is 0.364 e. The summed E-state index contributed by atoms with van der Waals surface area (Å²) in [6.45, 7) is 11.5. The maximum atomic E-state index is 13.6. The lowest BCUT2D eigenvalue weighted by Crippen LogP contribution is -2.51. The van der Waals surface area contributed by atoms with Crippen LogP contribution >= 0.6 is 11.8 Å². The van der Waals surface area contributed by atoms with Crippen molar-refractivity contribution >= 4 is 46.0 Å². The minimum absolute atomic E-state index is 0.0448. The van der Waals surface area contributed by atoms with E-state index in [2.05, 4.69) is 57.7 Å². The topological polar surface area (TPSA) is 35.9 Å². The van der Waals surface area contributed by atoms with Crippen molar-refractivity contribution in [1.29, 1.82) is 0 Å². The Labute approximate surface area is 218 Å². The lowest BCUT2D eigenvalue weighted by atomic mass is 9.79. The van der Waals surface area contributed by atoms with E-state index in [9.17, 15) is 4.79 Å². The fraction of sp³-hybridized carbons (Fsp3) is 0.290. The summed E-state index contributed by atoms with van der Waals surface area (Å²) in [4.78, 5) is 23.4. The number of amidine groups is 1. The molecule has 1 amide bonds. The number of hydrogen-bond donors (Lipinski definition) is 0. The molecular formula is C31H33N3OS. The number of hydrogen-bond acceptors (Lipinski definition) is 4. The van der Waals surface area contributed by atoms with Crippen molar-refractivity contribution in [3.05, 3.63) is 94.9 Å². The fourth-order valence-electron chi connectivity index (χ4n) is 5.66. The highest BCUT2D eigenvalue weighted by Crippen LogP contribution is 2.45. The molecule has 2 aliphatic rings. The van der Waals surface area contributed by atoms with Crippen molar-refractivity contribution in [3.63, 3.8) is 0 Å². The molecular weight excluding hydrogens is 462 g/mol. The van der Waals surface area contributed by atoms with E-state index in [0.717, 1.165) is 23.4 Å². The lowest BCUT2D eigenvalue weighted by Gasteiger charge is -2.50. The third-order valence-electron chi connectivity index (χ3n) is 6.92. The SMILES string of the molecule is CC1CC(C)(C)N(C(C)C)c2ccc(/C=C3\SC(=Nc4ccccc4)N(c4ccccc4)C3=O)cc21. The summed E-state index contributed by atoms with van der Waals surface area (Å²) in [5.74, 6) is 0.405. The maximum Gasteiger partial charge on any atom is 0.271 e. The number of aliphatic imine (C=N–C) groups is 1. The number of amides is 1. The zero-order chi connectivity index (χ0) is 25.4. The minimum atomic E-state index is -0.0448. The van der Waals surface area contributed by atoms with Crippen LogP contribution in [0.1, 0.15) is 58.1 Å². The highest BCUT2D eigenvalue weighted by atomic mass is 32.2. The van der Waals surface area contributed by atoms with Crippen molar-refractivity contribution < 1.29 is 4.79 Å². The van der Waals surface area contributed by atoms with E-state index in [0.29, 0.717) is 22.0 Å². The molecule has 0 bridgehead atoms. The standard InChI is InChI=1S/C31H33N3OS/c1-21(2)34-27-17-16-23(18-26(27)22(3)20-31(34,4)5)19-28-29(35)33(25-14-10-7-11-15-25)30(36-28)32-24-12-8-6-9-13-24/h6-19,21-22H,20H2,1-5H3/b28-19-,32-30?. The molecule has 0 aliphatic carbocycles. The van der Waals surface area contributed by atoms with Crippen molar-refractivity contribution in [2.45, 2.75) is 58.5 Å². The molecule has 5 rings (SSSR count). The van der Waals surface area contributed by atoms with Crippen LogP contribution in [-0.2, 0) is 4.79 Å². The number of benzene rings is 3. The van der Waals surface area contributed by atoms with E-state index < -0.39 is 0 Å². The van der Waals surface area contributed by atoms with Gasteiger partial charge in [0.25, 0.3) is 5.91 Å². The molecule has 4 nitrogen and oxygen atoms in total. The summed E-state index contributed by atoms with van der Waals surface area (Å²) in [6, 6.07) is 26.6. The predicted molar refractivity (Wildman–Crippen MR) is 154 cm³/mol. The third kappa shape index (κ3) is 4.60. The van der Waals surface area contributed by atoms with E-state index in [1.807, 2.05) is 66.7 Å². The molecule has 1 saturated heterocycles. The van der Waals surface area contributed by atoms with E-state index in [4.69, 9.17) is 4.99 Å². The normalized spacial score (nSPS) is 21.5. The Kier molecular flexibility index (Phi) is 6.52. The smallest absolute Gasteiger partial charge is 0.271 e. The molecule has 0 N–H and O–H groups in total. The first-order valence-corrected chi connectivity index (χ1v) is 13.4. The van der Waals surface area contributed by atoms with Crippen LogP contribution in [0.2, 0.25) is 0 Å². The van der Waals surface area contributed by atoms with Crippen LogP contribution in [0, 0.1) is 0 Å². The van der Waals surface area contributed by atoms with Crippen LogP contribution in [-0.4, -0.2) is 22.7 Å². The highest BCUT2D eigenvalue weighted by Gasteiger charge is 2.38. The van der Waals surface area contributed by atoms with Crippen LogP contribution in [0.15, 0.2) is 88.8 Å². The van der Waals surface area contributed by atoms with Gasteiger partial charge in [-0.2, -0.15) is 0 Å². The Morgan fingerprint density at radius 1 is 1.00 bits per heavy atom. The van der Waals surface area contributed by atoms with Crippen LogP contribution in [0.25, 0.3) is 6.08 Å². The summed E-state index contributed by atoms with van der Waals surface area (Å²) in [5.41, 5.74) is 5.46. The van der Waals surface area contributed by atoms with Crippen LogP contribution in [0.3, 0.4) is 0 Å². The van der Waals surface area contributed by atoms with Gasteiger partial charge >= 0.3 is 0 Å². The molecule has 36 heavy (non-hydrogen) atoms. The zero-order valence-corrected chi connectivity index (χ0v) is 22.4. The van der Waals surface area contributed by atoms with Crippen LogP contribution in [0.4, 0.5) is 17.1 Å². The highest BCUT2D eigenvalue weighted by molar-refractivity contribution is 8.19. The summed E-state index contributed by atoms with van der Waals surface area (Å²) in [6.07, 6.45) is 3.12. The summed E-state index contributed by atoms with van der Waals surface area (Å²) >= 11 is 1.43. The van der Waals surface area contributed by atoms with Crippen LogP contribution < -0.4 is 9.80 Å². The average Bonchev–Trinajstić information content (AvgIpc) is 3.14. The first-order chi connectivity index (χ1) is 17.2. The van der Waals surface area contributed by atoms with Gasteiger partial charge in [-0.15, -0.1) is 0 Å². The molecule has 0 aromatic heterocycles. The average molecular weight is 496 g/mol. The molecule has 3 aromatic rings. The number of nitrogens with zero attached hydrogens (tertiary/aromatic N) is 3. The minimum Gasteiger partial charge on any atom is -0.364 e. The van der Waals surface area contributed by atoms with Gasteiger partial charge in [-0.3, -0.25) is 9.69 Å². The number of fused-ring (bicyclic) bond motifs is 1. The van der Waals surface area contributed by atoms with Crippen molar-refractivity contribution in [3.8, 4) is 0 Å². The zero-order valence-electron chi connectivity index (χ0n) is 21.6. The van der Waals surface area contributed by atoms with Crippen molar-refractivity contribution in [2.75, 3.05) is 9.80 Å². The Hall–Kier alpha value is -3.31. The Morgan fingerprint density at radius 3 is 2.33 bits per heavy atom. The number of carbonyl (C=O) groups is 1. The number of rotatable bonds is 4. The molecule has 2 aliphatic heterocycles. The fourth-order valence-corrected chi connectivity index (χ4v) is 6.66. The Balaban J connectivity index is 1.54. The third-order valence-corrected chi connectivity index (χ3v) is 7.88. The van der Waals surface area contributed by atoms with E-state index in [1.54, 1.807) is 4.90 Å². The lowest BCUT2D eigenvalue weighted by molar-refractivity contribution is -0.113. The maximum absolute atomic E-state index is 13.6. The summed E-state index contributed by atoms with van der Waals surface area (Å²) in [7, 11) is 0. The van der Waals surface area contributed by atoms with E-state index in [-0.39, 0.29) is 11.4 Å². The second-order valence-corrected chi connectivity index (χ2v) is 11.5. The number of para-hydroxylation sites is 2. The number of thioether (sulfide) groups is 1. The van der Waals surface area contributed by atoms with Gasteiger partial charge in [0.2, 0.25) is 0 Å². The molecule has 0 saturated carbocycles. The molecule has 0 spiro atoms. The number of carbonyl (C=O) groups excluding carboxylic acids is 1. The molecule has 0 radical (unpaired) electrons. The molecule has 1 atom stereocenters. The quantitative estimate of drug-likeness (QED) is 0.344. The molecule has 1 unspecified atom stereocenters. The molecule has 184 valence electrons. The second kappa shape index (κ2) is 9.62. The number of anilines is 2. The van der Waals surface area contributed by atoms with E-state index in [1.165, 1.54) is 23.0 Å². The van der Waals surface area contributed by atoms with Gasteiger partial charge in [0.05, 0.1) is 16.3 Å². The molecule has 2 heterocycles. The van der Waals surface area contributed by atoms with Gasteiger partial charge in [-0.25, -0.2) is 4.99 Å². The molecule has 3 aromatic carbocycles. The Bertz CT molecular complexity index is 1330. The van der Waals surface area contributed by atoms with Crippen molar-refractivity contribution in [1.82, 2.24) is 0 Å². The Morgan fingerprint density at radius 2 is 1.67 bits per heavy atom. The van der Waals surface area contributed by atoms with Crippen molar-refractivity contribution in [2.24, 2.45) is 4.99 Å². The molecule has 1 fully saturated rings. The van der Waals surface area contributed by atoms with Crippen LogP contribution in [0.5, 0.6) is 0 Å². The second-order valence-electron chi connectivity index (χ2n) is 10.5. The van der Waals surface area contributed by atoms with Gasteiger partial charge in [-0.05, 0) is 105 Å². The summed E-state index contributed by atoms with van der Waals surface area (Å²) in [5, 5.41) is 0.669. The van der Waals surface area contributed by atoms with Gasteiger partial charge in [-0.1, -0.05) is 49.4 Å². The molecule has 5 heteroatoms. The summed E-state index contributed by atoms with van der Waals surface area (Å²) < 4.78 is 0. The van der Waals surface area contributed by atoms with Gasteiger partial charge in [0.15, 0.2) is 5.17 Å².